The number of halogens is 3. The molecule has 2 aliphatic rings. The molecular formula is C14H21Cl3O12. The van der Waals surface area contributed by atoms with Crippen molar-refractivity contribution in [3.8, 4) is 0 Å². The van der Waals surface area contributed by atoms with Crippen LogP contribution in [-0.2, 0) is 19.0 Å². The molecule has 2 saturated heterocycles. The van der Waals surface area contributed by atoms with Crippen LogP contribution in [0.3, 0.4) is 0 Å². The molecule has 2 aliphatic heterocycles. The molecule has 8 N–H and O–H groups in total. The van der Waals surface area contributed by atoms with Gasteiger partial charge in [0.25, 0.3) is 9.58 Å². The van der Waals surface area contributed by atoms with Gasteiger partial charge in [0.1, 0.15) is 49.3 Å². The Kier molecular flexibility index (Phi) is 7.80. The number of carbonyl (C=O) groups is 1. The molecule has 29 heavy (non-hydrogen) atoms. The van der Waals surface area contributed by atoms with E-state index < -0.39 is 83.7 Å². The van der Waals surface area contributed by atoms with Crippen LogP contribution in [-0.4, -0.2) is 125 Å². The van der Waals surface area contributed by atoms with E-state index in [9.17, 15) is 45.6 Å². The second-order valence-corrected chi connectivity index (χ2v) is 8.89. The van der Waals surface area contributed by atoms with Gasteiger partial charge in [0, 0.05) is 0 Å². The Morgan fingerprint density at radius 3 is 1.79 bits per heavy atom. The molecule has 0 radical (unpaired) electrons. The van der Waals surface area contributed by atoms with Crippen molar-refractivity contribution in [2.24, 2.45) is 0 Å². The Bertz CT molecular complexity index is 603. The van der Waals surface area contributed by atoms with Crippen molar-refractivity contribution in [2.75, 3.05) is 19.8 Å². The molecule has 0 aromatic carbocycles. The third kappa shape index (κ3) is 4.25. The van der Waals surface area contributed by atoms with Crippen molar-refractivity contribution in [1.82, 2.24) is 0 Å². The van der Waals surface area contributed by atoms with Gasteiger partial charge < -0.3 is 55.1 Å². The van der Waals surface area contributed by atoms with Gasteiger partial charge in [0.05, 0.1) is 13.2 Å². The standard InChI is InChI=1S/C14H21Cl3O12/c15-14(16,17)11(26)13(10(25)8(23)6(21)4(1-18)28-13)29-12(3-20)9(24)7(22)5(2-19)27-12/h4-10,18-25H,1-3H2/t4-,5-,6-,7-,8+,9+,10-,12?,13-/m1/s1. The molecule has 2 heterocycles. The van der Waals surface area contributed by atoms with Gasteiger partial charge in [-0.2, -0.15) is 0 Å². The molecule has 0 saturated carbocycles. The monoisotopic (exact) mass is 486 g/mol. The summed E-state index contributed by atoms with van der Waals surface area (Å²) in [5, 5.41) is 79.2. The second kappa shape index (κ2) is 8.92. The molecule has 2 rings (SSSR count). The summed E-state index contributed by atoms with van der Waals surface area (Å²) < 4.78 is 12.7. The fraction of sp³-hybridized carbons (Fsp3) is 0.929. The Balaban J connectivity index is 2.59. The number of ketones is 1. The summed E-state index contributed by atoms with van der Waals surface area (Å²) in [4.78, 5) is 12.8. The van der Waals surface area contributed by atoms with Gasteiger partial charge in [-0.15, -0.1) is 0 Å². The minimum Gasteiger partial charge on any atom is -0.394 e. The lowest BCUT2D eigenvalue weighted by Gasteiger charge is -2.50. The number of ether oxygens (including phenoxy) is 3. The van der Waals surface area contributed by atoms with Gasteiger partial charge in [-0.1, -0.05) is 34.8 Å². The van der Waals surface area contributed by atoms with Crippen LogP contribution >= 0.6 is 34.8 Å². The zero-order chi connectivity index (χ0) is 22.4. The van der Waals surface area contributed by atoms with Crippen LogP contribution in [0.2, 0.25) is 0 Å². The predicted octanol–water partition coefficient (Wildman–Crippen LogP) is -4.09. The summed E-state index contributed by atoms with van der Waals surface area (Å²) in [6, 6.07) is 0. The number of Topliss-reactive ketones (excluding diaryl/α,β-unsaturated/α-hetero) is 1. The number of rotatable bonds is 6. The lowest BCUT2D eigenvalue weighted by atomic mass is 9.89. The molecule has 0 bridgehead atoms. The Labute approximate surface area is 178 Å². The van der Waals surface area contributed by atoms with Gasteiger partial charge in [-0.25, -0.2) is 0 Å². The van der Waals surface area contributed by atoms with Crippen LogP contribution in [0.1, 0.15) is 0 Å². The molecule has 0 aliphatic carbocycles. The van der Waals surface area contributed by atoms with E-state index in [-0.39, 0.29) is 0 Å². The molecule has 0 aromatic rings. The van der Waals surface area contributed by atoms with E-state index in [0.29, 0.717) is 0 Å². The van der Waals surface area contributed by atoms with Crippen LogP contribution in [0.5, 0.6) is 0 Å². The van der Waals surface area contributed by atoms with Crippen LogP contribution in [0.4, 0.5) is 0 Å². The minimum atomic E-state index is -3.20. The highest BCUT2D eigenvalue weighted by Crippen LogP contribution is 2.45. The summed E-state index contributed by atoms with van der Waals surface area (Å²) in [5.41, 5.74) is 0. The highest BCUT2D eigenvalue weighted by Gasteiger charge is 2.68. The number of aliphatic hydroxyl groups is 8. The molecule has 170 valence electrons. The first kappa shape index (κ1) is 25.4. The Morgan fingerprint density at radius 1 is 0.862 bits per heavy atom. The van der Waals surface area contributed by atoms with Crippen molar-refractivity contribution in [2.45, 2.75) is 58.1 Å². The summed E-state index contributed by atoms with van der Waals surface area (Å²) in [6.45, 7) is -3.12. The van der Waals surface area contributed by atoms with E-state index >= 15 is 0 Å². The van der Waals surface area contributed by atoms with Gasteiger partial charge in [-0.05, 0) is 0 Å². The summed E-state index contributed by atoms with van der Waals surface area (Å²) in [5.74, 6) is -7.58. The third-order valence-corrected chi connectivity index (χ3v) is 5.27. The maximum absolute atomic E-state index is 12.8. The molecule has 1 unspecified atom stereocenters. The highest BCUT2D eigenvalue weighted by molar-refractivity contribution is 6.76. The fourth-order valence-corrected chi connectivity index (χ4v) is 3.56. The van der Waals surface area contributed by atoms with Gasteiger partial charge >= 0.3 is 0 Å². The maximum atomic E-state index is 12.8. The summed E-state index contributed by atoms with van der Waals surface area (Å²) >= 11 is 16.8. The fourth-order valence-electron chi connectivity index (χ4n) is 3.17. The maximum Gasteiger partial charge on any atom is 0.266 e. The first-order valence-corrected chi connectivity index (χ1v) is 9.35. The van der Waals surface area contributed by atoms with Crippen LogP contribution in [0, 0.1) is 0 Å². The van der Waals surface area contributed by atoms with Crippen LogP contribution in [0.15, 0.2) is 0 Å². The van der Waals surface area contributed by atoms with Gasteiger partial charge in [0.15, 0.2) is 0 Å². The smallest absolute Gasteiger partial charge is 0.266 e. The average molecular weight is 488 g/mol. The average Bonchev–Trinajstić information content (AvgIpc) is 2.92. The molecule has 15 heteroatoms. The molecule has 0 amide bonds. The number of alkyl halides is 3. The summed E-state index contributed by atoms with van der Waals surface area (Å²) in [7, 11) is 0. The van der Waals surface area contributed by atoms with Crippen molar-refractivity contribution < 1.29 is 59.9 Å². The Morgan fingerprint density at radius 2 is 1.38 bits per heavy atom. The van der Waals surface area contributed by atoms with E-state index in [2.05, 4.69) is 0 Å². The minimum absolute atomic E-state index is 0.848. The van der Waals surface area contributed by atoms with Gasteiger partial charge in [0.2, 0.25) is 11.6 Å². The molecule has 0 aromatic heterocycles. The molecule has 2 fully saturated rings. The predicted molar refractivity (Wildman–Crippen MR) is 92.9 cm³/mol. The Hall–Kier alpha value is 0.100. The zero-order valence-corrected chi connectivity index (χ0v) is 16.8. The van der Waals surface area contributed by atoms with E-state index in [0.717, 1.165) is 0 Å². The number of hydrogen-bond acceptors (Lipinski definition) is 12. The van der Waals surface area contributed by atoms with Crippen molar-refractivity contribution >= 4 is 40.6 Å². The molecule has 0 spiro atoms. The quantitative estimate of drug-likeness (QED) is 0.168. The lowest BCUT2D eigenvalue weighted by molar-refractivity contribution is -0.416. The topological polar surface area (TPSA) is 207 Å². The van der Waals surface area contributed by atoms with E-state index in [1.165, 1.54) is 0 Å². The first-order chi connectivity index (χ1) is 13.3. The lowest BCUT2D eigenvalue weighted by Crippen LogP contribution is -2.73. The molecule has 9 atom stereocenters. The van der Waals surface area contributed by atoms with E-state index in [1.54, 1.807) is 0 Å². The van der Waals surface area contributed by atoms with Crippen LogP contribution < -0.4 is 0 Å². The molecular weight excluding hydrogens is 467 g/mol. The number of aliphatic hydroxyl groups excluding tert-OH is 8. The largest absolute Gasteiger partial charge is 0.394 e. The SMILES string of the molecule is O=C(C(Cl)(Cl)Cl)[C@@]1(OC2(CO)O[C@H](CO)[C@@H](O)[C@@H]2O)O[C@H](CO)[C@@H](O)[C@H](O)[C@H]1O. The van der Waals surface area contributed by atoms with Gasteiger partial charge in [-0.3, -0.25) is 4.79 Å². The van der Waals surface area contributed by atoms with E-state index in [1.807, 2.05) is 0 Å². The zero-order valence-electron chi connectivity index (χ0n) is 14.5. The first-order valence-electron chi connectivity index (χ1n) is 8.21. The number of hydrogen-bond donors (Lipinski definition) is 8. The highest BCUT2D eigenvalue weighted by atomic mass is 35.6. The van der Waals surface area contributed by atoms with Crippen molar-refractivity contribution in [1.29, 1.82) is 0 Å². The molecule has 12 nitrogen and oxygen atoms in total. The number of carbonyl (C=O) groups excluding carboxylic acids is 1. The summed E-state index contributed by atoms with van der Waals surface area (Å²) in [6.07, 6.45) is -13.8. The van der Waals surface area contributed by atoms with Crippen LogP contribution in [0.25, 0.3) is 0 Å². The van der Waals surface area contributed by atoms with E-state index in [4.69, 9.17) is 49.0 Å². The van der Waals surface area contributed by atoms with Crippen molar-refractivity contribution in [3.63, 3.8) is 0 Å². The van der Waals surface area contributed by atoms with Crippen molar-refractivity contribution in [3.05, 3.63) is 0 Å². The third-order valence-electron chi connectivity index (χ3n) is 4.75. The second-order valence-electron chi connectivity index (χ2n) is 6.61. The normalized spacial score (nSPS) is 46.1.